The zero-order valence-electron chi connectivity index (χ0n) is 15.7. The van der Waals surface area contributed by atoms with Crippen LogP contribution in [0.5, 0.6) is 5.75 Å². The number of carbonyl (C=O) groups is 1. The first-order valence-corrected chi connectivity index (χ1v) is 9.32. The van der Waals surface area contributed by atoms with E-state index in [1.54, 1.807) is 30.5 Å². The Balaban J connectivity index is 1.39. The molecule has 6 heteroatoms. The molecular weight excluding hydrogens is 364 g/mol. The van der Waals surface area contributed by atoms with Crippen molar-refractivity contribution < 1.29 is 9.90 Å². The van der Waals surface area contributed by atoms with Gasteiger partial charge in [0.15, 0.2) is 0 Å². The second-order valence-corrected chi connectivity index (χ2v) is 6.62. The van der Waals surface area contributed by atoms with Gasteiger partial charge in [0.05, 0.1) is 5.52 Å². The number of hydrogen-bond donors (Lipinski definition) is 3. The van der Waals surface area contributed by atoms with E-state index in [-0.39, 0.29) is 11.7 Å². The Morgan fingerprint density at radius 3 is 2.69 bits per heavy atom. The number of amides is 1. The van der Waals surface area contributed by atoms with Crippen molar-refractivity contribution in [3.05, 3.63) is 90.3 Å². The summed E-state index contributed by atoms with van der Waals surface area (Å²) in [5.41, 5.74) is 3.19. The van der Waals surface area contributed by atoms with Crippen LogP contribution in [-0.2, 0) is 6.42 Å². The molecule has 4 aromatic rings. The molecule has 29 heavy (non-hydrogen) atoms. The van der Waals surface area contributed by atoms with E-state index >= 15 is 0 Å². The van der Waals surface area contributed by atoms with Gasteiger partial charge in [0.1, 0.15) is 17.3 Å². The highest BCUT2D eigenvalue weighted by Crippen LogP contribution is 2.20. The number of phenols is 1. The van der Waals surface area contributed by atoms with Crippen molar-refractivity contribution in [1.29, 1.82) is 0 Å². The molecule has 144 valence electrons. The van der Waals surface area contributed by atoms with E-state index in [9.17, 15) is 9.90 Å². The Kier molecular flexibility index (Phi) is 5.33. The molecule has 0 aliphatic heterocycles. The van der Waals surface area contributed by atoms with Gasteiger partial charge < -0.3 is 15.7 Å². The number of aromatic nitrogens is 2. The summed E-state index contributed by atoms with van der Waals surface area (Å²) < 4.78 is 0. The Morgan fingerprint density at radius 1 is 0.966 bits per heavy atom. The Labute approximate surface area is 168 Å². The SMILES string of the molecule is O=C(NCCc1ccc(O)cc1)c1cccc(Nc2ccc3ncccc3c2)n1. The van der Waals surface area contributed by atoms with E-state index in [2.05, 4.69) is 20.6 Å². The largest absolute Gasteiger partial charge is 0.508 e. The molecule has 0 fully saturated rings. The van der Waals surface area contributed by atoms with Gasteiger partial charge in [0, 0.05) is 23.8 Å². The van der Waals surface area contributed by atoms with Crippen LogP contribution in [0.2, 0.25) is 0 Å². The van der Waals surface area contributed by atoms with Crippen LogP contribution in [0.3, 0.4) is 0 Å². The second-order valence-electron chi connectivity index (χ2n) is 6.62. The number of carbonyl (C=O) groups excluding carboxylic acids is 1. The molecule has 3 N–H and O–H groups in total. The number of pyridine rings is 2. The number of rotatable bonds is 6. The quantitative estimate of drug-likeness (QED) is 0.467. The molecular formula is C23H20N4O2. The maximum absolute atomic E-state index is 12.4. The van der Waals surface area contributed by atoms with Crippen LogP contribution < -0.4 is 10.6 Å². The van der Waals surface area contributed by atoms with Gasteiger partial charge in [-0.3, -0.25) is 9.78 Å². The number of hydrogen-bond acceptors (Lipinski definition) is 5. The number of fused-ring (bicyclic) bond motifs is 1. The van der Waals surface area contributed by atoms with Crippen molar-refractivity contribution >= 4 is 28.3 Å². The molecule has 2 aromatic heterocycles. The van der Waals surface area contributed by atoms with E-state index in [0.29, 0.717) is 24.5 Å². The fraction of sp³-hybridized carbons (Fsp3) is 0.0870. The Morgan fingerprint density at radius 2 is 1.83 bits per heavy atom. The highest BCUT2D eigenvalue weighted by molar-refractivity contribution is 5.92. The van der Waals surface area contributed by atoms with Crippen LogP contribution in [0.15, 0.2) is 79.0 Å². The van der Waals surface area contributed by atoms with Gasteiger partial charge in [-0.1, -0.05) is 24.3 Å². The average molecular weight is 384 g/mol. The number of aromatic hydroxyl groups is 1. The molecule has 0 spiro atoms. The third-order valence-electron chi connectivity index (χ3n) is 4.49. The Bertz CT molecular complexity index is 1140. The lowest BCUT2D eigenvalue weighted by atomic mass is 10.1. The standard InChI is InChI=1S/C23H20N4O2/c28-19-9-6-16(7-10-19)12-14-25-23(29)21-4-1-5-22(27-21)26-18-8-11-20-17(15-18)3-2-13-24-20/h1-11,13,15,28H,12,14H2,(H,25,29)(H,26,27). The first-order chi connectivity index (χ1) is 14.2. The summed E-state index contributed by atoms with van der Waals surface area (Å²) in [6, 6.07) is 22.0. The molecule has 0 aliphatic carbocycles. The molecule has 0 saturated heterocycles. The van der Waals surface area contributed by atoms with Gasteiger partial charge in [-0.25, -0.2) is 4.98 Å². The van der Waals surface area contributed by atoms with Crippen molar-refractivity contribution in [2.75, 3.05) is 11.9 Å². The third-order valence-corrected chi connectivity index (χ3v) is 4.49. The maximum Gasteiger partial charge on any atom is 0.269 e. The summed E-state index contributed by atoms with van der Waals surface area (Å²) >= 11 is 0. The molecule has 6 nitrogen and oxygen atoms in total. The smallest absolute Gasteiger partial charge is 0.269 e. The van der Waals surface area contributed by atoms with E-state index in [1.807, 2.05) is 48.5 Å². The van der Waals surface area contributed by atoms with Crippen molar-refractivity contribution in [3.63, 3.8) is 0 Å². The molecule has 0 radical (unpaired) electrons. The number of nitrogens with zero attached hydrogens (tertiary/aromatic N) is 2. The monoisotopic (exact) mass is 384 g/mol. The summed E-state index contributed by atoms with van der Waals surface area (Å²) in [5.74, 6) is 0.601. The fourth-order valence-electron chi connectivity index (χ4n) is 3.01. The minimum absolute atomic E-state index is 0.227. The summed E-state index contributed by atoms with van der Waals surface area (Å²) in [5, 5.41) is 16.5. The zero-order valence-corrected chi connectivity index (χ0v) is 15.7. The van der Waals surface area contributed by atoms with Crippen LogP contribution >= 0.6 is 0 Å². The molecule has 2 heterocycles. The summed E-state index contributed by atoms with van der Waals surface area (Å²) in [6.07, 6.45) is 2.44. The van der Waals surface area contributed by atoms with Crippen molar-refractivity contribution in [2.45, 2.75) is 6.42 Å². The lowest BCUT2D eigenvalue weighted by molar-refractivity contribution is 0.0949. The van der Waals surface area contributed by atoms with Crippen molar-refractivity contribution in [2.24, 2.45) is 0 Å². The summed E-state index contributed by atoms with van der Waals surface area (Å²) in [6.45, 7) is 0.487. The lowest BCUT2D eigenvalue weighted by Crippen LogP contribution is -2.26. The number of anilines is 2. The second kappa shape index (κ2) is 8.39. The van der Waals surface area contributed by atoms with E-state index in [4.69, 9.17) is 0 Å². The fourth-order valence-corrected chi connectivity index (χ4v) is 3.01. The lowest BCUT2D eigenvalue weighted by Gasteiger charge is -2.09. The van der Waals surface area contributed by atoms with Gasteiger partial charge in [-0.05, 0) is 60.5 Å². The van der Waals surface area contributed by atoms with Crippen LogP contribution in [0, 0.1) is 0 Å². The first-order valence-electron chi connectivity index (χ1n) is 9.32. The molecule has 0 atom stereocenters. The molecule has 1 amide bonds. The summed E-state index contributed by atoms with van der Waals surface area (Å²) in [7, 11) is 0. The topological polar surface area (TPSA) is 87.1 Å². The van der Waals surface area contributed by atoms with Gasteiger partial charge in [0.25, 0.3) is 5.91 Å². The minimum atomic E-state index is -0.227. The van der Waals surface area contributed by atoms with Gasteiger partial charge in [-0.2, -0.15) is 0 Å². The molecule has 0 aliphatic rings. The van der Waals surface area contributed by atoms with Crippen molar-refractivity contribution in [1.82, 2.24) is 15.3 Å². The first kappa shape index (κ1) is 18.4. The minimum Gasteiger partial charge on any atom is -0.508 e. The predicted octanol–water partition coefficient (Wildman–Crippen LogP) is 4.05. The maximum atomic E-state index is 12.4. The van der Waals surface area contributed by atoms with Crippen LogP contribution in [0.4, 0.5) is 11.5 Å². The van der Waals surface area contributed by atoms with Crippen LogP contribution in [0.1, 0.15) is 16.1 Å². The molecule has 2 aromatic carbocycles. The Hall–Kier alpha value is -3.93. The van der Waals surface area contributed by atoms with Crippen LogP contribution in [-0.4, -0.2) is 27.5 Å². The zero-order chi connectivity index (χ0) is 20.1. The van der Waals surface area contributed by atoms with Gasteiger partial charge in [-0.15, -0.1) is 0 Å². The molecule has 4 rings (SSSR count). The van der Waals surface area contributed by atoms with Crippen molar-refractivity contribution in [3.8, 4) is 5.75 Å². The van der Waals surface area contributed by atoms with E-state index in [1.165, 1.54) is 0 Å². The normalized spacial score (nSPS) is 10.6. The molecule has 0 unspecified atom stereocenters. The highest BCUT2D eigenvalue weighted by Gasteiger charge is 2.08. The summed E-state index contributed by atoms with van der Waals surface area (Å²) in [4.78, 5) is 21.1. The predicted molar refractivity (Wildman–Crippen MR) is 113 cm³/mol. The highest BCUT2D eigenvalue weighted by atomic mass is 16.3. The van der Waals surface area contributed by atoms with Crippen LogP contribution in [0.25, 0.3) is 10.9 Å². The average Bonchev–Trinajstić information content (AvgIpc) is 2.75. The van der Waals surface area contributed by atoms with Gasteiger partial charge >= 0.3 is 0 Å². The van der Waals surface area contributed by atoms with E-state index < -0.39 is 0 Å². The number of nitrogens with one attached hydrogen (secondary N) is 2. The number of benzene rings is 2. The van der Waals surface area contributed by atoms with E-state index in [0.717, 1.165) is 22.2 Å². The number of phenolic OH excluding ortho intramolecular Hbond substituents is 1. The molecule has 0 saturated carbocycles. The third kappa shape index (κ3) is 4.68. The molecule has 0 bridgehead atoms. The van der Waals surface area contributed by atoms with Gasteiger partial charge in [0.2, 0.25) is 0 Å².